The third-order valence-corrected chi connectivity index (χ3v) is 4.45. The molecule has 0 bridgehead atoms. The maximum absolute atomic E-state index is 14.3. The molecule has 13 heteroatoms. The number of nitrogens with zero attached hydrogens (tertiary/aromatic N) is 2. The van der Waals surface area contributed by atoms with E-state index in [2.05, 4.69) is 15.3 Å². The van der Waals surface area contributed by atoms with Gasteiger partial charge in [0.1, 0.15) is 17.3 Å². The molecule has 3 rings (SSSR count). The smallest absolute Gasteiger partial charge is 0.455 e. The van der Waals surface area contributed by atoms with E-state index >= 15 is 0 Å². The first kappa shape index (κ1) is 24.7. The van der Waals surface area contributed by atoms with Crippen molar-refractivity contribution in [3.8, 4) is 17.0 Å². The lowest BCUT2D eigenvalue weighted by atomic mass is 10.1. The summed E-state index contributed by atoms with van der Waals surface area (Å²) in [6.07, 6.45) is -4.95. The lowest BCUT2D eigenvalue weighted by Crippen LogP contribution is -2.46. The monoisotopic (exact) mass is 488 g/mol. The number of ether oxygens (including phenoxy) is 1. The Kier molecular flexibility index (Phi) is 6.93. The van der Waals surface area contributed by atoms with Crippen LogP contribution >= 0.6 is 0 Å². The molecule has 34 heavy (non-hydrogen) atoms. The van der Waals surface area contributed by atoms with Crippen molar-refractivity contribution in [2.24, 2.45) is 0 Å². The van der Waals surface area contributed by atoms with Gasteiger partial charge in [0.05, 0.1) is 19.9 Å². The van der Waals surface area contributed by atoms with E-state index in [0.717, 1.165) is 30.5 Å². The van der Waals surface area contributed by atoms with Crippen LogP contribution in [0.15, 0.2) is 48.7 Å². The second-order valence-electron chi connectivity index (χ2n) is 6.82. The van der Waals surface area contributed by atoms with Gasteiger partial charge in [-0.3, -0.25) is 4.79 Å². The van der Waals surface area contributed by atoms with Crippen molar-refractivity contribution in [1.29, 1.82) is 0 Å². The Morgan fingerprint density at radius 1 is 1.03 bits per heavy atom. The van der Waals surface area contributed by atoms with E-state index in [0.29, 0.717) is 0 Å². The highest BCUT2D eigenvalue weighted by atomic mass is 19.4. The number of aromatic nitrogens is 2. The van der Waals surface area contributed by atoms with Crippen LogP contribution in [0.25, 0.3) is 11.3 Å². The number of carbonyl (C=O) groups excluding carboxylic acids is 1. The summed E-state index contributed by atoms with van der Waals surface area (Å²) >= 11 is 0. The van der Waals surface area contributed by atoms with Gasteiger partial charge >= 0.3 is 12.1 Å². The van der Waals surface area contributed by atoms with Crippen LogP contribution in [0, 0.1) is 11.6 Å². The molecule has 0 atom stereocenters. The van der Waals surface area contributed by atoms with Gasteiger partial charge in [-0.15, -0.1) is 0 Å². The van der Waals surface area contributed by atoms with E-state index in [4.69, 9.17) is 4.74 Å². The van der Waals surface area contributed by atoms with Gasteiger partial charge in [-0.2, -0.15) is 22.0 Å². The first-order chi connectivity index (χ1) is 15.9. The van der Waals surface area contributed by atoms with Crippen LogP contribution in [0.2, 0.25) is 0 Å². The molecule has 0 radical (unpaired) electrons. The van der Waals surface area contributed by atoms with E-state index in [-0.39, 0.29) is 34.2 Å². The minimum Gasteiger partial charge on any atom is -0.496 e. The molecule has 0 aliphatic heterocycles. The molecule has 1 aromatic heterocycles. The summed E-state index contributed by atoms with van der Waals surface area (Å²) in [7, 11) is 1.32. The van der Waals surface area contributed by atoms with Crippen LogP contribution in [-0.4, -0.2) is 41.6 Å². The summed E-state index contributed by atoms with van der Waals surface area (Å²) in [4.78, 5) is 19.7. The van der Waals surface area contributed by atoms with Crippen LogP contribution in [0.3, 0.4) is 0 Å². The molecule has 180 valence electrons. The second-order valence-corrected chi connectivity index (χ2v) is 6.82. The molecule has 0 aliphatic carbocycles. The van der Waals surface area contributed by atoms with Gasteiger partial charge < -0.3 is 15.4 Å². The van der Waals surface area contributed by atoms with Crippen molar-refractivity contribution >= 4 is 17.5 Å². The molecular weight excluding hydrogens is 473 g/mol. The Morgan fingerprint density at radius 2 is 1.71 bits per heavy atom. The number of amides is 1. The summed E-state index contributed by atoms with van der Waals surface area (Å²) in [6, 6.07) is 8.37. The van der Waals surface area contributed by atoms with Crippen LogP contribution in [0.4, 0.5) is 42.4 Å². The normalized spacial score (nSPS) is 11.8. The molecule has 1 amide bonds. The van der Waals surface area contributed by atoms with Gasteiger partial charge in [-0.05, 0) is 42.5 Å². The minimum absolute atomic E-state index is 0.0353. The maximum atomic E-state index is 14.3. The van der Waals surface area contributed by atoms with E-state index < -0.39 is 36.2 Å². The van der Waals surface area contributed by atoms with Crippen molar-refractivity contribution in [2.75, 3.05) is 19.0 Å². The number of hydrogen-bond acceptors (Lipinski definition) is 5. The van der Waals surface area contributed by atoms with Gasteiger partial charge in [0, 0.05) is 16.8 Å². The zero-order valence-corrected chi connectivity index (χ0v) is 17.2. The average molecular weight is 488 g/mol. The number of benzene rings is 2. The van der Waals surface area contributed by atoms with Gasteiger partial charge in [0.2, 0.25) is 5.95 Å². The van der Waals surface area contributed by atoms with Gasteiger partial charge in [0.25, 0.3) is 5.91 Å². The molecule has 0 unspecified atom stereocenters. The topological polar surface area (TPSA) is 76.1 Å². The number of alkyl halides is 5. The Bertz CT molecular complexity index is 1180. The van der Waals surface area contributed by atoms with E-state index in [1.807, 2.05) is 0 Å². The first-order valence-corrected chi connectivity index (χ1v) is 9.37. The summed E-state index contributed by atoms with van der Waals surface area (Å²) in [5.41, 5.74) is -0.127. The standard InChI is InChI=1S/C21H15F7N4O2/c1-34-16-7-4-12(22)8-14(16)17-15(23)9-29-19(32-17)31-13-5-2-11(3-6-13)18(33)30-10-20(24,25)21(26,27)28/h2-9H,10H2,1H3,(H,30,33)(H,29,31,32). The number of rotatable bonds is 7. The fraction of sp³-hybridized carbons (Fsp3) is 0.190. The third-order valence-electron chi connectivity index (χ3n) is 4.45. The third kappa shape index (κ3) is 5.53. The van der Waals surface area contributed by atoms with Crippen LogP contribution < -0.4 is 15.4 Å². The lowest BCUT2D eigenvalue weighted by Gasteiger charge is -2.19. The molecule has 2 aromatic carbocycles. The Balaban J connectivity index is 1.75. The zero-order chi connectivity index (χ0) is 25.1. The number of anilines is 2. The highest BCUT2D eigenvalue weighted by Crippen LogP contribution is 2.35. The Morgan fingerprint density at radius 3 is 2.32 bits per heavy atom. The molecule has 0 saturated carbocycles. The zero-order valence-electron chi connectivity index (χ0n) is 17.2. The average Bonchev–Trinajstić information content (AvgIpc) is 2.78. The van der Waals surface area contributed by atoms with E-state index in [1.165, 1.54) is 30.6 Å². The minimum atomic E-state index is -5.79. The Hall–Kier alpha value is -3.90. The predicted molar refractivity (Wildman–Crippen MR) is 107 cm³/mol. The largest absolute Gasteiger partial charge is 0.496 e. The summed E-state index contributed by atoms with van der Waals surface area (Å²) in [6.45, 7) is -1.91. The number of carbonyl (C=O) groups is 1. The molecule has 0 aliphatic rings. The molecule has 1 heterocycles. The number of hydrogen-bond donors (Lipinski definition) is 2. The van der Waals surface area contributed by atoms with E-state index in [1.54, 1.807) is 0 Å². The quantitative estimate of drug-likeness (QED) is 0.453. The van der Waals surface area contributed by atoms with Crippen LogP contribution in [0.1, 0.15) is 10.4 Å². The number of nitrogens with one attached hydrogen (secondary N) is 2. The molecule has 0 spiro atoms. The summed E-state index contributed by atoms with van der Waals surface area (Å²) in [5, 5.41) is 4.24. The SMILES string of the molecule is COc1ccc(F)cc1-c1nc(Nc2ccc(C(=O)NCC(F)(F)C(F)(F)F)cc2)ncc1F. The maximum Gasteiger partial charge on any atom is 0.455 e. The van der Waals surface area contributed by atoms with Crippen molar-refractivity contribution in [3.05, 3.63) is 65.9 Å². The number of methoxy groups -OCH3 is 1. The number of halogens is 7. The fourth-order valence-electron chi connectivity index (χ4n) is 2.71. The highest BCUT2D eigenvalue weighted by Gasteiger charge is 2.57. The predicted octanol–water partition coefficient (Wildman–Crippen LogP) is 5.10. The summed E-state index contributed by atoms with van der Waals surface area (Å²) < 4.78 is 95.6. The van der Waals surface area contributed by atoms with E-state index in [9.17, 15) is 35.5 Å². The molecule has 0 fully saturated rings. The molecular formula is C21H15F7N4O2. The van der Waals surface area contributed by atoms with Crippen molar-refractivity contribution < 1.29 is 40.3 Å². The Labute approximate surface area is 187 Å². The van der Waals surface area contributed by atoms with Gasteiger partial charge in [-0.25, -0.2) is 18.7 Å². The van der Waals surface area contributed by atoms with Crippen molar-refractivity contribution in [1.82, 2.24) is 15.3 Å². The molecule has 0 saturated heterocycles. The summed E-state index contributed by atoms with van der Waals surface area (Å²) in [5.74, 6) is -7.66. The van der Waals surface area contributed by atoms with Crippen LogP contribution in [0.5, 0.6) is 5.75 Å². The highest BCUT2D eigenvalue weighted by molar-refractivity contribution is 5.94. The molecule has 3 aromatic rings. The van der Waals surface area contributed by atoms with Gasteiger partial charge in [-0.1, -0.05) is 0 Å². The van der Waals surface area contributed by atoms with Gasteiger partial charge in [0.15, 0.2) is 5.82 Å². The lowest BCUT2D eigenvalue weighted by molar-refractivity contribution is -0.278. The van der Waals surface area contributed by atoms with Crippen molar-refractivity contribution in [2.45, 2.75) is 12.1 Å². The molecule has 2 N–H and O–H groups in total. The second kappa shape index (κ2) is 9.53. The fourth-order valence-corrected chi connectivity index (χ4v) is 2.71. The first-order valence-electron chi connectivity index (χ1n) is 9.37. The van der Waals surface area contributed by atoms with Crippen molar-refractivity contribution in [3.63, 3.8) is 0 Å². The molecule has 6 nitrogen and oxygen atoms in total. The van der Waals surface area contributed by atoms with Crippen LogP contribution in [-0.2, 0) is 0 Å².